The van der Waals surface area contributed by atoms with Crippen LogP contribution in [0.1, 0.15) is 12.0 Å². The van der Waals surface area contributed by atoms with Gasteiger partial charge in [-0.05, 0) is 43.3 Å². The van der Waals surface area contributed by atoms with Crippen molar-refractivity contribution in [2.75, 3.05) is 56.1 Å². The molecule has 0 unspecified atom stereocenters. The Morgan fingerprint density at radius 3 is 2.76 bits per heavy atom. The van der Waals surface area contributed by atoms with E-state index < -0.39 is 5.76 Å². The summed E-state index contributed by atoms with van der Waals surface area (Å²) in [5.41, 5.74) is 4.15. The number of nitriles is 1. The molecule has 0 aliphatic carbocycles. The van der Waals surface area contributed by atoms with Gasteiger partial charge in [0.1, 0.15) is 0 Å². The van der Waals surface area contributed by atoms with Crippen LogP contribution in [0.4, 0.5) is 11.4 Å². The lowest BCUT2D eigenvalue weighted by Crippen LogP contribution is -2.47. The predicted molar refractivity (Wildman–Crippen MR) is 115 cm³/mol. The highest BCUT2D eigenvalue weighted by Gasteiger charge is 2.20. The Bertz CT molecular complexity index is 1070. The highest BCUT2D eigenvalue weighted by atomic mass is 16.4. The maximum Gasteiger partial charge on any atom is 0.417 e. The van der Waals surface area contributed by atoms with Gasteiger partial charge in [-0.3, -0.25) is 9.88 Å². The molecule has 1 aromatic heterocycles. The number of nitrogens with zero attached hydrogens (tertiary/aromatic N) is 4. The second-order valence-corrected chi connectivity index (χ2v) is 7.43. The molecule has 2 heterocycles. The molecule has 7 heteroatoms. The quantitative estimate of drug-likeness (QED) is 0.696. The van der Waals surface area contributed by atoms with E-state index in [1.54, 1.807) is 0 Å². The molecular formula is C22H25N5O2. The van der Waals surface area contributed by atoms with Crippen molar-refractivity contribution >= 4 is 22.5 Å². The number of hydrogen-bond acceptors (Lipinski definition) is 6. The lowest BCUT2D eigenvalue weighted by molar-refractivity contribution is 0.256. The van der Waals surface area contributed by atoms with E-state index in [9.17, 15) is 4.79 Å². The van der Waals surface area contributed by atoms with Gasteiger partial charge < -0.3 is 14.2 Å². The average Bonchev–Trinajstić information content (AvgIpc) is 3.14. The van der Waals surface area contributed by atoms with Crippen LogP contribution < -0.4 is 15.6 Å². The van der Waals surface area contributed by atoms with Crippen molar-refractivity contribution in [1.29, 1.82) is 5.26 Å². The number of oxazole rings is 1. The van der Waals surface area contributed by atoms with Gasteiger partial charge in [0.2, 0.25) is 0 Å². The Balaban J connectivity index is 1.28. The predicted octanol–water partition coefficient (Wildman–Crippen LogP) is 2.64. The highest BCUT2D eigenvalue weighted by Crippen LogP contribution is 2.25. The van der Waals surface area contributed by atoms with Gasteiger partial charge in [-0.15, -0.1) is 0 Å². The van der Waals surface area contributed by atoms with Crippen LogP contribution in [-0.2, 0) is 0 Å². The summed E-state index contributed by atoms with van der Waals surface area (Å²) in [7, 11) is 2.07. The molecule has 1 aliphatic rings. The first-order valence-corrected chi connectivity index (χ1v) is 9.94. The minimum Gasteiger partial charge on any atom is -0.406 e. The third kappa shape index (κ3) is 4.28. The van der Waals surface area contributed by atoms with Gasteiger partial charge in [-0.25, -0.2) is 4.79 Å². The maximum atomic E-state index is 11.5. The Morgan fingerprint density at radius 1 is 1.17 bits per heavy atom. The summed E-state index contributed by atoms with van der Waals surface area (Å²) < 4.78 is 5.34. The monoisotopic (exact) mass is 391 g/mol. The second-order valence-electron chi connectivity index (χ2n) is 7.43. The number of hydrogen-bond donors (Lipinski definition) is 1. The third-order valence-electron chi connectivity index (χ3n) is 5.52. The van der Waals surface area contributed by atoms with E-state index in [0.29, 0.717) is 11.1 Å². The van der Waals surface area contributed by atoms with Crippen molar-refractivity contribution in [2.45, 2.75) is 6.42 Å². The topological polar surface area (TPSA) is 79.5 Å². The minimum absolute atomic E-state index is 0.407. The lowest BCUT2D eigenvalue weighted by Gasteiger charge is -2.36. The van der Waals surface area contributed by atoms with E-state index in [2.05, 4.69) is 32.8 Å². The van der Waals surface area contributed by atoms with Gasteiger partial charge in [0.25, 0.3) is 0 Å². The summed E-state index contributed by atoms with van der Waals surface area (Å²) in [4.78, 5) is 21.2. The molecule has 0 spiro atoms. The molecule has 7 nitrogen and oxygen atoms in total. The summed E-state index contributed by atoms with van der Waals surface area (Å²) >= 11 is 0. The molecular weight excluding hydrogens is 366 g/mol. The van der Waals surface area contributed by atoms with Gasteiger partial charge >= 0.3 is 5.76 Å². The van der Waals surface area contributed by atoms with Crippen LogP contribution in [0.3, 0.4) is 0 Å². The van der Waals surface area contributed by atoms with Gasteiger partial charge in [-0.2, -0.15) is 5.26 Å². The Kier molecular flexibility index (Phi) is 5.54. The van der Waals surface area contributed by atoms with E-state index in [-0.39, 0.29) is 0 Å². The van der Waals surface area contributed by atoms with E-state index >= 15 is 0 Å². The molecule has 29 heavy (non-hydrogen) atoms. The molecule has 0 radical (unpaired) electrons. The van der Waals surface area contributed by atoms with Crippen LogP contribution in [0, 0.1) is 11.3 Å². The number of aromatic amines is 1. The summed E-state index contributed by atoms with van der Waals surface area (Å²) in [6.07, 6.45) is 1.07. The van der Waals surface area contributed by atoms with Crippen molar-refractivity contribution in [1.82, 2.24) is 9.88 Å². The number of para-hydroxylation sites is 1. The van der Waals surface area contributed by atoms with Gasteiger partial charge in [0.05, 0.1) is 22.8 Å². The molecule has 1 saturated heterocycles. The van der Waals surface area contributed by atoms with Gasteiger partial charge in [-0.1, -0.05) is 12.1 Å². The van der Waals surface area contributed by atoms with Crippen molar-refractivity contribution in [2.24, 2.45) is 0 Å². The normalized spacial score (nSPS) is 14.8. The molecule has 2 aromatic carbocycles. The van der Waals surface area contributed by atoms with Crippen LogP contribution in [0.15, 0.2) is 51.7 Å². The van der Waals surface area contributed by atoms with Crippen LogP contribution in [-0.4, -0.2) is 56.2 Å². The van der Waals surface area contributed by atoms with Crippen LogP contribution >= 0.6 is 0 Å². The first-order valence-electron chi connectivity index (χ1n) is 9.94. The third-order valence-corrected chi connectivity index (χ3v) is 5.52. The Hall–Kier alpha value is -3.24. The number of fused-ring (bicyclic) bond motifs is 1. The SMILES string of the molecule is CN(CCCN1CCN(c2cccc3[nH]c(=O)oc23)CC1)c1cccc(C#N)c1. The largest absolute Gasteiger partial charge is 0.417 e. The molecule has 0 bridgehead atoms. The zero-order valence-corrected chi connectivity index (χ0v) is 16.6. The van der Waals surface area contributed by atoms with Gasteiger partial charge in [0, 0.05) is 45.5 Å². The highest BCUT2D eigenvalue weighted by molar-refractivity contribution is 5.86. The zero-order valence-electron chi connectivity index (χ0n) is 16.6. The number of rotatable bonds is 6. The first kappa shape index (κ1) is 19.1. The molecule has 1 N–H and O–H groups in total. The molecule has 3 aromatic rings. The molecule has 4 rings (SSSR count). The number of nitrogens with one attached hydrogen (secondary N) is 1. The molecule has 0 amide bonds. The smallest absolute Gasteiger partial charge is 0.406 e. The zero-order chi connectivity index (χ0) is 20.2. The molecule has 0 atom stereocenters. The van der Waals surface area contributed by atoms with Crippen LogP contribution in [0.2, 0.25) is 0 Å². The van der Waals surface area contributed by atoms with E-state index in [1.165, 1.54) is 0 Å². The van der Waals surface area contributed by atoms with E-state index in [1.807, 2.05) is 42.5 Å². The minimum atomic E-state index is -0.407. The fourth-order valence-corrected chi connectivity index (χ4v) is 3.89. The van der Waals surface area contributed by atoms with Crippen molar-refractivity contribution in [3.05, 3.63) is 58.6 Å². The molecule has 1 aliphatic heterocycles. The number of aromatic nitrogens is 1. The summed E-state index contributed by atoms with van der Waals surface area (Å²) in [5.74, 6) is -0.407. The van der Waals surface area contributed by atoms with E-state index in [0.717, 1.165) is 62.6 Å². The summed E-state index contributed by atoms with van der Waals surface area (Å²) in [6, 6.07) is 15.7. The summed E-state index contributed by atoms with van der Waals surface area (Å²) in [6.45, 7) is 5.78. The number of anilines is 2. The Morgan fingerprint density at radius 2 is 1.97 bits per heavy atom. The van der Waals surface area contributed by atoms with E-state index in [4.69, 9.17) is 9.68 Å². The van der Waals surface area contributed by atoms with Crippen molar-refractivity contribution < 1.29 is 4.42 Å². The molecule has 1 fully saturated rings. The fourth-order valence-electron chi connectivity index (χ4n) is 3.89. The van der Waals surface area contributed by atoms with Gasteiger partial charge in [0.15, 0.2) is 5.58 Å². The Labute approximate surface area is 169 Å². The molecule has 150 valence electrons. The van der Waals surface area contributed by atoms with Crippen LogP contribution in [0.5, 0.6) is 0 Å². The fraction of sp³-hybridized carbons (Fsp3) is 0.364. The van der Waals surface area contributed by atoms with Crippen molar-refractivity contribution in [3.8, 4) is 6.07 Å². The summed E-state index contributed by atoms with van der Waals surface area (Å²) in [5, 5.41) is 9.05. The first-order chi connectivity index (χ1) is 14.1. The van der Waals surface area contributed by atoms with Crippen molar-refractivity contribution in [3.63, 3.8) is 0 Å². The maximum absolute atomic E-state index is 11.5. The average molecular weight is 391 g/mol. The molecule has 0 saturated carbocycles. The standard InChI is InChI=1S/C22H25N5O2/c1-25(18-6-2-5-17(15-18)16-23)9-4-10-26-11-13-27(14-12-26)20-8-3-7-19-21(20)29-22(28)24-19/h2-3,5-8,15H,4,9-14H2,1H3,(H,24,28). The number of H-pyrrole nitrogens is 1. The number of benzene rings is 2. The number of piperazine rings is 1. The second kappa shape index (κ2) is 8.41. The lowest BCUT2D eigenvalue weighted by atomic mass is 10.2. The van der Waals surface area contributed by atoms with Crippen LogP contribution in [0.25, 0.3) is 11.1 Å².